The molecule has 110 valence electrons. The largest absolute Gasteiger partial charge is 0.342 e. The summed E-state index contributed by atoms with van der Waals surface area (Å²) in [5, 5.41) is 0. The van der Waals surface area contributed by atoms with Crippen LogP contribution >= 0.6 is 0 Å². The molecule has 19 heavy (non-hydrogen) atoms. The number of carbonyl (C=O) groups excluding carboxylic acids is 1. The summed E-state index contributed by atoms with van der Waals surface area (Å²) in [7, 11) is 0. The average Bonchev–Trinajstić information content (AvgIpc) is 2.85. The van der Waals surface area contributed by atoms with Gasteiger partial charge in [0, 0.05) is 25.6 Å². The molecule has 3 nitrogen and oxygen atoms in total. The minimum absolute atomic E-state index is 0.384. The lowest BCUT2D eigenvalue weighted by Gasteiger charge is -2.27. The van der Waals surface area contributed by atoms with E-state index in [9.17, 15) is 4.79 Å². The van der Waals surface area contributed by atoms with Crippen molar-refractivity contribution < 1.29 is 4.79 Å². The van der Waals surface area contributed by atoms with Crippen molar-refractivity contribution in [2.24, 2.45) is 17.6 Å². The van der Waals surface area contributed by atoms with Crippen molar-refractivity contribution in [2.45, 2.75) is 70.8 Å². The smallest absolute Gasteiger partial charge is 0.222 e. The monoisotopic (exact) mass is 266 g/mol. The third-order valence-electron chi connectivity index (χ3n) is 4.93. The quantitative estimate of drug-likeness (QED) is 0.831. The molecule has 0 radical (unpaired) electrons. The second-order valence-electron chi connectivity index (χ2n) is 6.61. The number of likely N-dealkylation sites (tertiary alicyclic amines) is 1. The normalized spacial score (nSPS) is 31.7. The van der Waals surface area contributed by atoms with Crippen LogP contribution in [-0.4, -0.2) is 29.9 Å². The minimum atomic E-state index is 0.384. The van der Waals surface area contributed by atoms with E-state index in [4.69, 9.17) is 5.73 Å². The van der Waals surface area contributed by atoms with Gasteiger partial charge in [-0.2, -0.15) is 0 Å². The van der Waals surface area contributed by atoms with E-state index in [1.54, 1.807) is 0 Å². The number of nitrogens with zero attached hydrogens (tertiary/aromatic N) is 1. The van der Waals surface area contributed by atoms with Gasteiger partial charge in [-0.05, 0) is 43.9 Å². The average molecular weight is 266 g/mol. The molecule has 1 aliphatic carbocycles. The molecule has 1 amide bonds. The van der Waals surface area contributed by atoms with Gasteiger partial charge in [-0.25, -0.2) is 0 Å². The molecule has 3 unspecified atom stereocenters. The zero-order valence-electron chi connectivity index (χ0n) is 12.4. The molecule has 2 aliphatic rings. The third kappa shape index (κ3) is 4.48. The van der Waals surface area contributed by atoms with Gasteiger partial charge in [-0.1, -0.05) is 26.2 Å². The van der Waals surface area contributed by atoms with Gasteiger partial charge < -0.3 is 10.6 Å². The Bertz CT molecular complexity index is 292. The number of hydrogen-bond acceptors (Lipinski definition) is 2. The Morgan fingerprint density at radius 1 is 1.21 bits per heavy atom. The Balaban J connectivity index is 1.67. The molecule has 0 aromatic carbocycles. The SMILES string of the molecule is CCCC1CCN(C(=O)CCC2CCCC(N)C2)C1. The van der Waals surface area contributed by atoms with Crippen LogP contribution in [0.2, 0.25) is 0 Å². The fourth-order valence-electron chi connectivity index (χ4n) is 3.78. The Morgan fingerprint density at radius 3 is 2.79 bits per heavy atom. The van der Waals surface area contributed by atoms with Crippen LogP contribution in [0.15, 0.2) is 0 Å². The van der Waals surface area contributed by atoms with Gasteiger partial charge in [0.25, 0.3) is 0 Å². The van der Waals surface area contributed by atoms with E-state index in [0.717, 1.165) is 38.3 Å². The van der Waals surface area contributed by atoms with Crippen molar-refractivity contribution in [2.75, 3.05) is 13.1 Å². The Hall–Kier alpha value is -0.570. The van der Waals surface area contributed by atoms with Gasteiger partial charge in [0.05, 0.1) is 0 Å². The van der Waals surface area contributed by atoms with Gasteiger partial charge in [0.15, 0.2) is 0 Å². The van der Waals surface area contributed by atoms with Crippen molar-refractivity contribution >= 4 is 5.91 Å². The molecule has 0 spiro atoms. The summed E-state index contributed by atoms with van der Waals surface area (Å²) in [6.45, 7) is 4.24. The zero-order chi connectivity index (χ0) is 13.7. The maximum absolute atomic E-state index is 12.2. The van der Waals surface area contributed by atoms with Gasteiger partial charge in [-0.3, -0.25) is 4.79 Å². The molecular formula is C16H30N2O. The van der Waals surface area contributed by atoms with Crippen LogP contribution in [0.25, 0.3) is 0 Å². The van der Waals surface area contributed by atoms with Crippen LogP contribution in [0.3, 0.4) is 0 Å². The third-order valence-corrected chi connectivity index (χ3v) is 4.93. The standard InChI is InChI=1S/C16H30N2O/c1-2-4-14-9-10-18(12-14)16(19)8-7-13-5-3-6-15(17)11-13/h13-15H,2-12,17H2,1H3. The van der Waals surface area contributed by atoms with Crippen molar-refractivity contribution in [1.82, 2.24) is 4.90 Å². The van der Waals surface area contributed by atoms with E-state index in [0.29, 0.717) is 17.9 Å². The summed E-state index contributed by atoms with van der Waals surface area (Å²) in [4.78, 5) is 14.3. The zero-order valence-corrected chi connectivity index (χ0v) is 12.4. The van der Waals surface area contributed by atoms with Crippen LogP contribution in [-0.2, 0) is 4.79 Å². The molecule has 0 aromatic rings. The van der Waals surface area contributed by atoms with Gasteiger partial charge >= 0.3 is 0 Å². The summed E-state index contributed by atoms with van der Waals surface area (Å²) in [6, 6.07) is 0.384. The van der Waals surface area contributed by atoms with Crippen LogP contribution in [0, 0.1) is 11.8 Å². The first-order valence-corrected chi connectivity index (χ1v) is 8.22. The molecule has 1 saturated carbocycles. The molecule has 0 bridgehead atoms. The first kappa shape index (κ1) is 14.8. The minimum Gasteiger partial charge on any atom is -0.342 e. The Morgan fingerprint density at radius 2 is 2.05 bits per heavy atom. The molecule has 3 heteroatoms. The highest BCUT2D eigenvalue weighted by Gasteiger charge is 2.26. The Labute approximate surface area is 117 Å². The second-order valence-corrected chi connectivity index (χ2v) is 6.61. The topological polar surface area (TPSA) is 46.3 Å². The number of rotatable bonds is 5. The van der Waals surface area contributed by atoms with E-state index in [1.165, 1.54) is 38.5 Å². The van der Waals surface area contributed by atoms with Crippen LogP contribution in [0.5, 0.6) is 0 Å². The van der Waals surface area contributed by atoms with Crippen molar-refractivity contribution in [3.63, 3.8) is 0 Å². The molecule has 1 heterocycles. The molecule has 2 N–H and O–H groups in total. The molecular weight excluding hydrogens is 236 g/mol. The van der Waals surface area contributed by atoms with Crippen molar-refractivity contribution in [1.29, 1.82) is 0 Å². The van der Waals surface area contributed by atoms with Crippen molar-refractivity contribution in [3.05, 3.63) is 0 Å². The molecule has 1 aliphatic heterocycles. The van der Waals surface area contributed by atoms with E-state index in [1.807, 2.05) is 0 Å². The summed E-state index contributed by atoms with van der Waals surface area (Å²) in [5.41, 5.74) is 6.01. The van der Waals surface area contributed by atoms with E-state index in [-0.39, 0.29) is 0 Å². The van der Waals surface area contributed by atoms with Crippen LogP contribution in [0.4, 0.5) is 0 Å². The molecule has 2 rings (SSSR count). The molecule has 2 fully saturated rings. The van der Waals surface area contributed by atoms with E-state index < -0.39 is 0 Å². The highest BCUT2D eigenvalue weighted by atomic mass is 16.2. The van der Waals surface area contributed by atoms with E-state index in [2.05, 4.69) is 11.8 Å². The fraction of sp³-hybridized carbons (Fsp3) is 0.938. The highest BCUT2D eigenvalue weighted by molar-refractivity contribution is 5.76. The summed E-state index contributed by atoms with van der Waals surface area (Å²) in [6.07, 6.45) is 10.4. The predicted molar refractivity (Wildman–Crippen MR) is 78.8 cm³/mol. The highest BCUT2D eigenvalue weighted by Crippen LogP contribution is 2.28. The number of amides is 1. The van der Waals surface area contributed by atoms with E-state index >= 15 is 0 Å². The molecule has 1 saturated heterocycles. The number of nitrogens with two attached hydrogens (primary N) is 1. The lowest BCUT2D eigenvalue weighted by molar-refractivity contribution is -0.130. The second kappa shape index (κ2) is 7.28. The van der Waals surface area contributed by atoms with Gasteiger partial charge in [-0.15, -0.1) is 0 Å². The van der Waals surface area contributed by atoms with Crippen LogP contribution < -0.4 is 5.73 Å². The predicted octanol–water partition coefficient (Wildman–Crippen LogP) is 2.93. The fourth-order valence-corrected chi connectivity index (χ4v) is 3.78. The number of hydrogen-bond donors (Lipinski definition) is 1. The van der Waals surface area contributed by atoms with Crippen molar-refractivity contribution in [3.8, 4) is 0 Å². The lowest BCUT2D eigenvalue weighted by Crippen LogP contribution is -2.31. The van der Waals surface area contributed by atoms with Crippen LogP contribution in [0.1, 0.15) is 64.7 Å². The number of carbonyl (C=O) groups is 1. The summed E-state index contributed by atoms with van der Waals surface area (Å²) < 4.78 is 0. The first-order valence-electron chi connectivity index (χ1n) is 8.22. The molecule has 3 atom stereocenters. The summed E-state index contributed by atoms with van der Waals surface area (Å²) in [5.74, 6) is 1.84. The maximum atomic E-state index is 12.2. The first-order chi connectivity index (χ1) is 9.19. The summed E-state index contributed by atoms with van der Waals surface area (Å²) >= 11 is 0. The Kier molecular flexibility index (Phi) is 5.68. The lowest BCUT2D eigenvalue weighted by atomic mass is 9.83. The van der Waals surface area contributed by atoms with Gasteiger partial charge in [0.2, 0.25) is 5.91 Å². The molecule has 0 aromatic heterocycles. The van der Waals surface area contributed by atoms with Gasteiger partial charge in [0.1, 0.15) is 0 Å². The maximum Gasteiger partial charge on any atom is 0.222 e.